The lowest BCUT2D eigenvalue weighted by Gasteiger charge is -2.15. The molecule has 0 unspecified atom stereocenters. The van der Waals surface area contributed by atoms with Crippen LogP contribution in [0.4, 0.5) is 5.13 Å². The summed E-state index contributed by atoms with van der Waals surface area (Å²) in [5.74, 6) is 0.266. The van der Waals surface area contributed by atoms with Crippen LogP contribution in [-0.4, -0.2) is 43.6 Å². The van der Waals surface area contributed by atoms with Gasteiger partial charge >= 0.3 is 0 Å². The fraction of sp³-hybridized carbons (Fsp3) is 0.333. The molecule has 1 aliphatic heterocycles. The van der Waals surface area contributed by atoms with Crippen LogP contribution < -0.4 is 5.73 Å². The predicted octanol–water partition coefficient (Wildman–Crippen LogP) is 1.64. The van der Waals surface area contributed by atoms with Crippen LogP contribution in [0.2, 0.25) is 0 Å². The van der Waals surface area contributed by atoms with E-state index in [4.69, 9.17) is 5.73 Å². The van der Waals surface area contributed by atoms with Gasteiger partial charge in [0.05, 0.1) is 16.5 Å². The van der Waals surface area contributed by atoms with Gasteiger partial charge in [-0.15, -0.1) is 0 Å². The second-order valence-corrected chi connectivity index (χ2v) is 6.81. The summed E-state index contributed by atoms with van der Waals surface area (Å²) in [6.07, 6.45) is 4.26. The maximum Gasteiger partial charge on any atom is 0.257 e. The van der Waals surface area contributed by atoms with E-state index in [1.54, 1.807) is 17.1 Å². The van der Waals surface area contributed by atoms with Gasteiger partial charge in [0, 0.05) is 37.9 Å². The van der Waals surface area contributed by atoms with Crippen LogP contribution in [0.3, 0.4) is 0 Å². The van der Waals surface area contributed by atoms with Crippen molar-refractivity contribution in [1.82, 2.24) is 24.6 Å². The van der Waals surface area contributed by atoms with Crippen molar-refractivity contribution in [3.8, 4) is 0 Å². The van der Waals surface area contributed by atoms with Crippen LogP contribution in [0.15, 0.2) is 24.5 Å². The topological polar surface area (TPSA) is 89.9 Å². The van der Waals surface area contributed by atoms with Crippen molar-refractivity contribution in [2.45, 2.75) is 12.3 Å². The van der Waals surface area contributed by atoms with Crippen LogP contribution in [-0.2, 0) is 7.05 Å². The van der Waals surface area contributed by atoms with Crippen molar-refractivity contribution < 1.29 is 4.79 Å². The van der Waals surface area contributed by atoms with Crippen LogP contribution in [0.5, 0.6) is 0 Å². The van der Waals surface area contributed by atoms with E-state index in [1.807, 2.05) is 24.1 Å². The van der Waals surface area contributed by atoms with Crippen LogP contribution in [0, 0.1) is 0 Å². The number of nitrogens with two attached hydrogens (primary N) is 1. The highest BCUT2D eigenvalue weighted by Crippen LogP contribution is 2.30. The van der Waals surface area contributed by atoms with Gasteiger partial charge in [-0.2, -0.15) is 5.10 Å². The van der Waals surface area contributed by atoms with Crippen molar-refractivity contribution in [3.63, 3.8) is 0 Å². The Balaban J connectivity index is 1.53. The van der Waals surface area contributed by atoms with Gasteiger partial charge < -0.3 is 10.6 Å². The Morgan fingerprint density at radius 1 is 1.39 bits per heavy atom. The van der Waals surface area contributed by atoms with E-state index in [-0.39, 0.29) is 11.8 Å². The summed E-state index contributed by atoms with van der Waals surface area (Å²) in [5.41, 5.74) is 8.03. The molecule has 1 amide bonds. The minimum Gasteiger partial charge on any atom is -0.375 e. The summed E-state index contributed by atoms with van der Waals surface area (Å²) >= 11 is 1.44. The van der Waals surface area contributed by atoms with E-state index in [0.29, 0.717) is 22.9 Å². The number of hydrogen-bond donors (Lipinski definition) is 1. The molecule has 0 aromatic carbocycles. The number of rotatable bonds is 2. The highest BCUT2D eigenvalue weighted by molar-refractivity contribution is 7.21. The fourth-order valence-corrected chi connectivity index (χ4v) is 3.65. The van der Waals surface area contributed by atoms with Gasteiger partial charge in [-0.3, -0.25) is 9.48 Å². The number of amides is 1. The zero-order valence-electron chi connectivity index (χ0n) is 12.6. The number of anilines is 1. The van der Waals surface area contributed by atoms with Crippen molar-refractivity contribution in [3.05, 3.63) is 35.8 Å². The molecule has 4 heterocycles. The summed E-state index contributed by atoms with van der Waals surface area (Å²) in [7, 11) is 1.81. The summed E-state index contributed by atoms with van der Waals surface area (Å²) in [6, 6.07) is 4.03. The first kappa shape index (κ1) is 14.1. The molecule has 0 spiro atoms. The van der Waals surface area contributed by atoms with Gasteiger partial charge in [0.2, 0.25) is 0 Å². The molecule has 0 saturated carbocycles. The number of nitrogen functional groups attached to an aromatic ring is 1. The third-order valence-corrected chi connectivity index (χ3v) is 4.98. The Morgan fingerprint density at radius 3 is 3.04 bits per heavy atom. The number of thiazole rings is 1. The zero-order chi connectivity index (χ0) is 16.0. The molecule has 8 heteroatoms. The van der Waals surface area contributed by atoms with Gasteiger partial charge in [0.15, 0.2) is 10.8 Å². The Bertz CT molecular complexity index is 885. The van der Waals surface area contributed by atoms with E-state index in [9.17, 15) is 4.79 Å². The second-order valence-electron chi connectivity index (χ2n) is 5.75. The van der Waals surface area contributed by atoms with Crippen molar-refractivity contribution >= 4 is 32.7 Å². The average molecular weight is 328 g/mol. The van der Waals surface area contributed by atoms with Gasteiger partial charge in [0.1, 0.15) is 0 Å². The molecule has 0 aliphatic carbocycles. The molecular weight excluding hydrogens is 312 g/mol. The van der Waals surface area contributed by atoms with Gasteiger partial charge in [-0.25, -0.2) is 9.97 Å². The van der Waals surface area contributed by atoms with Crippen LogP contribution in [0.25, 0.3) is 10.3 Å². The lowest BCUT2D eigenvalue weighted by atomic mass is 10.0. The highest BCUT2D eigenvalue weighted by Gasteiger charge is 2.29. The van der Waals surface area contributed by atoms with Gasteiger partial charge in [0.25, 0.3) is 5.91 Å². The van der Waals surface area contributed by atoms with Gasteiger partial charge in [-0.05, 0) is 18.6 Å². The average Bonchev–Trinajstić information content (AvgIpc) is 3.23. The Morgan fingerprint density at radius 2 is 2.26 bits per heavy atom. The number of likely N-dealkylation sites (tertiary alicyclic amines) is 1. The number of hydrogen-bond acceptors (Lipinski definition) is 6. The number of aromatic nitrogens is 4. The van der Waals surface area contributed by atoms with Crippen LogP contribution in [0.1, 0.15) is 28.4 Å². The Kier molecular flexibility index (Phi) is 3.26. The number of nitrogens with zero attached hydrogens (tertiary/aromatic N) is 5. The normalized spacial score (nSPS) is 18.0. The van der Waals surface area contributed by atoms with E-state index in [1.165, 1.54) is 11.3 Å². The van der Waals surface area contributed by atoms with Crippen molar-refractivity contribution in [2.75, 3.05) is 18.8 Å². The molecule has 1 atom stereocenters. The molecule has 1 aliphatic rings. The van der Waals surface area contributed by atoms with E-state index < -0.39 is 0 Å². The lowest BCUT2D eigenvalue weighted by Crippen LogP contribution is -2.28. The number of aryl methyl sites for hydroxylation is 1. The Hall–Kier alpha value is -2.48. The molecule has 118 valence electrons. The maximum absolute atomic E-state index is 12.5. The van der Waals surface area contributed by atoms with Crippen molar-refractivity contribution in [1.29, 1.82) is 0 Å². The largest absolute Gasteiger partial charge is 0.375 e. The number of carbonyl (C=O) groups excluding carboxylic acids is 1. The predicted molar refractivity (Wildman–Crippen MR) is 88.3 cm³/mol. The SMILES string of the molecule is Cn1cc(C(=O)N2CC[C@H](c3ccc4sc(N)nc4n3)C2)cn1. The molecule has 0 bridgehead atoms. The maximum atomic E-state index is 12.5. The molecule has 1 saturated heterocycles. The summed E-state index contributed by atoms with van der Waals surface area (Å²) in [5, 5.41) is 4.59. The number of carbonyl (C=O) groups is 1. The first-order valence-corrected chi connectivity index (χ1v) is 8.22. The first-order valence-electron chi connectivity index (χ1n) is 7.41. The van der Waals surface area contributed by atoms with Crippen molar-refractivity contribution in [2.24, 2.45) is 7.05 Å². The van der Waals surface area contributed by atoms with Crippen LogP contribution >= 0.6 is 11.3 Å². The number of fused-ring (bicyclic) bond motifs is 1. The highest BCUT2D eigenvalue weighted by atomic mass is 32.1. The lowest BCUT2D eigenvalue weighted by molar-refractivity contribution is 0.0790. The number of pyridine rings is 1. The van der Waals surface area contributed by atoms with E-state index >= 15 is 0 Å². The monoisotopic (exact) mass is 328 g/mol. The van der Waals surface area contributed by atoms with Gasteiger partial charge in [-0.1, -0.05) is 11.3 Å². The summed E-state index contributed by atoms with van der Waals surface area (Å²) < 4.78 is 2.63. The summed E-state index contributed by atoms with van der Waals surface area (Å²) in [6.45, 7) is 1.41. The minimum atomic E-state index is 0.0274. The molecular formula is C15H16N6OS. The van der Waals surface area contributed by atoms with E-state index in [0.717, 1.165) is 23.4 Å². The molecule has 23 heavy (non-hydrogen) atoms. The van der Waals surface area contributed by atoms with E-state index in [2.05, 4.69) is 15.1 Å². The molecule has 4 rings (SSSR count). The molecule has 7 nitrogen and oxygen atoms in total. The molecule has 0 radical (unpaired) electrons. The molecule has 3 aromatic heterocycles. The zero-order valence-corrected chi connectivity index (χ0v) is 13.5. The fourth-order valence-electron chi connectivity index (χ4n) is 2.98. The Labute approximate surface area is 136 Å². The molecule has 3 aromatic rings. The quantitative estimate of drug-likeness (QED) is 0.772. The summed E-state index contributed by atoms with van der Waals surface area (Å²) in [4.78, 5) is 23.2. The third kappa shape index (κ3) is 2.55. The first-order chi connectivity index (χ1) is 11.1. The molecule has 1 fully saturated rings. The second kappa shape index (κ2) is 5.31. The minimum absolute atomic E-state index is 0.0274. The smallest absolute Gasteiger partial charge is 0.257 e. The molecule has 2 N–H and O–H groups in total. The standard InChI is InChI=1S/C15H16N6OS/c1-20-7-10(6-17-20)14(22)21-5-4-9(8-21)11-2-3-12-13(18-11)19-15(16)23-12/h2-3,6-7,9H,4-5,8H2,1H3,(H2,16,18,19)/t9-/m0/s1. The third-order valence-electron chi connectivity index (χ3n) is 4.14.